The topological polar surface area (TPSA) is 77.9 Å². The van der Waals surface area contributed by atoms with Gasteiger partial charge in [0, 0.05) is 24.3 Å². The van der Waals surface area contributed by atoms with Crippen molar-refractivity contribution in [1.29, 1.82) is 0 Å². The molecule has 3 aromatic carbocycles. The minimum Gasteiger partial charge on any atom is -0.495 e. The Kier molecular flexibility index (Phi) is 6.18. The summed E-state index contributed by atoms with van der Waals surface area (Å²) in [5, 5.41) is 2.99. The van der Waals surface area contributed by atoms with E-state index in [4.69, 9.17) is 19.2 Å². The summed E-state index contributed by atoms with van der Waals surface area (Å²) in [7, 11) is 4.70. The molecule has 0 saturated heterocycles. The molecule has 1 N–H and O–H groups in total. The third kappa shape index (κ3) is 4.35. The number of hydrogen-bond acceptors (Lipinski definition) is 6. The van der Waals surface area contributed by atoms with E-state index in [0.29, 0.717) is 35.0 Å². The lowest BCUT2D eigenvalue weighted by Crippen LogP contribution is -2.23. The Morgan fingerprint density at radius 3 is 2.46 bits per heavy atom. The molecular formula is C27H28N4O4. The van der Waals surface area contributed by atoms with Crippen LogP contribution in [0.5, 0.6) is 17.2 Å². The fraction of sp³-hybridized carbons (Fsp3) is 0.259. The second-order valence-corrected chi connectivity index (χ2v) is 8.35. The number of amides is 1. The summed E-state index contributed by atoms with van der Waals surface area (Å²) in [5.41, 5.74) is 4.24. The summed E-state index contributed by atoms with van der Waals surface area (Å²) in [6.45, 7) is 2.49. The molecule has 0 bridgehead atoms. The Balaban J connectivity index is 1.42. The van der Waals surface area contributed by atoms with Crippen LogP contribution in [0.4, 0.5) is 11.4 Å². The van der Waals surface area contributed by atoms with Crippen molar-refractivity contribution < 1.29 is 19.0 Å². The van der Waals surface area contributed by atoms with E-state index in [-0.39, 0.29) is 5.91 Å². The molecule has 1 amide bonds. The molecule has 0 unspecified atom stereocenters. The van der Waals surface area contributed by atoms with Crippen molar-refractivity contribution in [3.63, 3.8) is 0 Å². The van der Waals surface area contributed by atoms with Crippen molar-refractivity contribution in [2.75, 3.05) is 38.1 Å². The molecule has 0 atom stereocenters. The third-order valence-electron chi connectivity index (χ3n) is 6.32. The van der Waals surface area contributed by atoms with E-state index >= 15 is 0 Å². The van der Waals surface area contributed by atoms with Gasteiger partial charge in [-0.2, -0.15) is 0 Å². The van der Waals surface area contributed by atoms with Crippen LogP contribution in [0.15, 0.2) is 60.7 Å². The van der Waals surface area contributed by atoms with Gasteiger partial charge in [0.2, 0.25) is 0 Å². The van der Waals surface area contributed by atoms with Crippen molar-refractivity contribution >= 4 is 28.3 Å². The Labute approximate surface area is 204 Å². The molecule has 180 valence electrons. The van der Waals surface area contributed by atoms with Gasteiger partial charge in [-0.05, 0) is 55.0 Å². The number of nitrogens with one attached hydrogen (secondary N) is 1. The zero-order valence-corrected chi connectivity index (χ0v) is 20.1. The van der Waals surface area contributed by atoms with Gasteiger partial charge in [-0.3, -0.25) is 4.79 Å². The number of rotatable bonds is 6. The molecule has 0 radical (unpaired) electrons. The quantitative estimate of drug-likeness (QED) is 0.437. The van der Waals surface area contributed by atoms with E-state index in [0.717, 1.165) is 36.5 Å². The van der Waals surface area contributed by atoms with Gasteiger partial charge in [-0.1, -0.05) is 12.1 Å². The second-order valence-electron chi connectivity index (χ2n) is 8.35. The van der Waals surface area contributed by atoms with Gasteiger partial charge in [-0.25, -0.2) is 4.98 Å². The number of aromatic nitrogens is 2. The first-order valence-electron chi connectivity index (χ1n) is 11.5. The van der Waals surface area contributed by atoms with Crippen molar-refractivity contribution in [2.24, 2.45) is 0 Å². The number of para-hydroxylation sites is 2. The van der Waals surface area contributed by atoms with Crippen molar-refractivity contribution in [2.45, 2.75) is 19.5 Å². The van der Waals surface area contributed by atoms with Crippen molar-refractivity contribution in [3.05, 3.63) is 72.1 Å². The number of ether oxygens (including phenoxy) is 3. The van der Waals surface area contributed by atoms with Crippen LogP contribution in [-0.2, 0) is 13.1 Å². The highest BCUT2D eigenvalue weighted by Gasteiger charge is 2.20. The van der Waals surface area contributed by atoms with Crippen LogP contribution >= 0.6 is 0 Å². The first-order valence-corrected chi connectivity index (χ1v) is 11.5. The van der Waals surface area contributed by atoms with Crippen LogP contribution < -0.4 is 24.4 Å². The van der Waals surface area contributed by atoms with Gasteiger partial charge < -0.3 is 29.0 Å². The monoisotopic (exact) mass is 472 g/mol. The maximum Gasteiger partial charge on any atom is 0.255 e. The fourth-order valence-electron chi connectivity index (χ4n) is 4.55. The number of anilines is 2. The zero-order valence-electron chi connectivity index (χ0n) is 20.1. The molecule has 4 aromatic rings. The van der Waals surface area contributed by atoms with E-state index < -0.39 is 0 Å². The summed E-state index contributed by atoms with van der Waals surface area (Å²) < 4.78 is 18.4. The SMILES string of the molecule is COc1ccc(N2CCCn3c(nc4ccccc43)C2)cc1NC(=O)c1ccc(OC)c(OC)c1. The lowest BCUT2D eigenvalue weighted by molar-refractivity contribution is 0.102. The molecule has 1 aliphatic heterocycles. The molecule has 35 heavy (non-hydrogen) atoms. The average Bonchev–Trinajstić information content (AvgIpc) is 3.10. The fourth-order valence-corrected chi connectivity index (χ4v) is 4.55. The molecular weight excluding hydrogens is 444 g/mol. The average molecular weight is 473 g/mol. The number of nitrogens with zero attached hydrogens (tertiary/aromatic N) is 3. The van der Waals surface area contributed by atoms with Gasteiger partial charge >= 0.3 is 0 Å². The third-order valence-corrected chi connectivity index (χ3v) is 6.32. The summed E-state index contributed by atoms with van der Waals surface area (Å²) in [6.07, 6.45) is 0.993. The van der Waals surface area contributed by atoms with Crippen molar-refractivity contribution in [1.82, 2.24) is 9.55 Å². The number of carbonyl (C=O) groups excluding carboxylic acids is 1. The molecule has 8 nitrogen and oxygen atoms in total. The highest BCUT2D eigenvalue weighted by atomic mass is 16.5. The minimum absolute atomic E-state index is 0.265. The normalized spacial score (nSPS) is 13.2. The molecule has 5 rings (SSSR count). The lowest BCUT2D eigenvalue weighted by atomic mass is 10.1. The zero-order chi connectivity index (χ0) is 24.4. The van der Waals surface area contributed by atoms with Crippen LogP contribution in [0.25, 0.3) is 11.0 Å². The van der Waals surface area contributed by atoms with Crippen LogP contribution in [-0.4, -0.2) is 43.3 Å². The van der Waals surface area contributed by atoms with E-state index in [2.05, 4.69) is 33.0 Å². The van der Waals surface area contributed by atoms with E-state index in [1.54, 1.807) is 39.5 Å². The first kappa shape index (κ1) is 22.6. The predicted octanol–water partition coefficient (Wildman–Crippen LogP) is 4.72. The van der Waals surface area contributed by atoms with E-state index in [1.165, 1.54) is 5.52 Å². The molecule has 1 aromatic heterocycles. The van der Waals surface area contributed by atoms with Crippen LogP contribution in [0.3, 0.4) is 0 Å². The Bertz CT molecular complexity index is 1380. The summed E-state index contributed by atoms with van der Waals surface area (Å²) in [5.74, 6) is 2.42. The Morgan fingerprint density at radius 1 is 0.886 bits per heavy atom. The summed E-state index contributed by atoms with van der Waals surface area (Å²) in [6, 6.07) is 19.2. The summed E-state index contributed by atoms with van der Waals surface area (Å²) in [4.78, 5) is 20.2. The van der Waals surface area contributed by atoms with Crippen molar-refractivity contribution in [3.8, 4) is 17.2 Å². The number of carbonyl (C=O) groups is 1. The van der Waals surface area contributed by atoms with Gasteiger partial charge in [0.1, 0.15) is 11.6 Å². The molecule has 8 heteroatoms. The molecule has 1 aliphatic rings. The minimum atomic E-state index is -0.265. The molecule has 0 saturated carbocycles. The largest absolute Gasteiger partial charge is 0.495 e. The van der Waals surface area contributed by atoms with E-state index in [1.807, 2.05) is 24.3 Å². The van der Waals surface area contributed by atoms with Gasteiger partial charge in [0.25, 0.3) is 5.91 Å². The molecule has 0 fully saturated rings. The maximum atomic E-state index is 13.1. The van der Waals surface area contributed by atoms with Gasteiger partial charge in [-0.15, -0.1) is 0 Å². The molecule has 0 aliphatic carbocycles. The van der Waals surface area contributed by atoms with Crippen LogP contribution in [0.2, 0.25) is 0 Å². The Hall–Kier alpha value is -4.20. The Morgan fingerprint density at radius 2 is 1.66 bits per heavy atom. The lowest BCUT2D eigenvalue weighted by Gasteiger charge is -2.23. The number of methoxy groups -OCH3 is 3. The second kappa shape index (κ2) is 9.58. The molecule has 0 spiro atoms. The van der Waals surface area contributed by atoms with Crippen LogP contribution in [0.1, 0.15) is 22.6 Å². The van der Waals surface area contributed by atoms with Gasteiger partial charge in [0.05, 0.1) is 44.6 Å². The number of aryl methyl sites for hydroxylation is 1. The number of hydrogen-bond donors (Lipinski definition) is 1. The summed E-state index contributed by atoms with van der Waals surface area (Å²) >= 11 is 0. The number of benzene rings is 3. The predicted molar refractivity (Wildman–Crippen MR) is 136 cm³/mol. The van der Waals surface area contributed by atoms with Crippen LogP contribution in [0, 0.1) is 0 Å². The van der Waals surface area contributed by atoms with Gasteiger partial charge in [0.15, 0.2) is 11.5 Å². The molecule has 2 heterocycles. The highest BCUT2D eigenvalue weighted by Crippen LogP contribution is 2.33. The maximum absolute atomic E-state index is 13.1. The van der Waals surface area contributed by atoms with E-state index in [9.17, 15) is 4.79 Å². The smallest absolute Gasteiger partial charge is 0.255 e. The standard InChI is InChI=1S/C27H28N4O4/c1-33-23-12-10-19(16-21(23)29-27(32)18-9-11-24(34-2)25(15-18)35-3)30-13-6-14-31-22-8-5-4-7-20(22)28-26(31)17-30/h4-5,7-12,15-16H,6,13-14,17H2,1-3H3,(H,29,32). The first-order chi connectivity index (χ1) is 17.1. The highest BCUT2D eigenvalue weighted by molar-refractivity contribution is 6.05. The number of imidazole rings is 1. The number of fused-ring (bicyclic) bond motifs is 3.